The van der Waals surface area contributed by atoms with Crippen LogP contribution in [0, 0.1) is 5.92 Å². The Bertz CT molecular complexity index is 421. The van der Waals surface area contributed by atoms with Crippen LogP contribution in [0.1, 0.15) is 40.0 Å². The van der Waals surface area contributed by atoms with Gasteiger partial charge in [0.05, 0.1) is 17.3 Å². The van der Waals surface area contributed by atoms with Gasteiger partial charge >= 0.3 is 0 Å². The Morgan fingerprint density at radius 2 is 1.90 bits per heavy atom. The van der Waals surface area contributed by atoms with Crippen LogP contribution in [0.3, 0.4) is 0 Å². The van der Waals surface area contributed by atoms with E-state index in [0.29, 0.717) is 5.02 Å². The molecule has 1 atom stereocenters. The summed E-state index contributed by atoms with van der Waals surface area (Å²) in [4.78, 5) is 11.8. The second kappa shape index (κ2) is 8.85. The topological polar surface area (TPSA) is 41.1 Å². The highest BCUT2D eigenvalue weighted by molar-refractivity contribution is 6.33. The third-order valence-corrected chi connectivity index (χ3v) is 3.47. The summed E-state index contributed by atoms with van der Waals surface area (Å²) in [6.07, 6.45) is 3.38. The van der Waals surface area contributed by atoms with E-state index in [2.05, 4.69) is 24.5 Å². The van der Waals surface area contributed by atoms with Gasteiger partial charge in [-0.05, 0) is 31.4 Å². The number of hydrogen-bond donors (Lipinski definition) is 2. The molecule has 20 heavy (non-hydrogen) atoms. The number of rotatable bonds is 8. The SMILES string of the molecule is CC(C)CCCC(C)NC(=O)CNc1ccccc1Cl. The summed E-state index contributed by atoms with van der Waals surface area (Å²) < 4.78 is 0. The van der Waals surface area contributed by atoms with E-state index in [9.17, 15) is 4.79 Å². The molecule has 4 heteroatoms. The molecule has 1 unspecified atom stereocenters. The fourth-order valence-corrected chi connectivity index (χ4v) is 2.21. The van der Waals surface area contributed by atoms with Crippen molar-refractivity contribution in [1.29, 1.82) is 0 Å². The third kappa shape index (κ3) is 6.80. The predicted molar refractivity (Wildman–Crippen MR) is 86.2 cm³/mol. The number of hydrogen-bond acceptors (Lipinski definition) is 2. The Hall–Kier alpha value is -1.22. The van der Waals surface area contributed by atoms with E-state index < -0.39 is 0 Å². The first-order valence-electron chi connectivity index (χ1n) is 7.26. The van der Waals surface area contributed by atoms with Crippen LogP contribution in [0.15, 0.2) is 24.3 Å². The Labute approximate surface area is 127 Å². The lowest BCUT2D eigenvalue weighted by Gasteiger charge is -2.15. The summed E-state index contributed by atoms with van der Waals surface area (Å²) in [5, 5.41) is 6.68. The number of nitrogens with one attached hydrogen (secondary N) is 2. The quantitative estimate of drug-likeness (QED) is 0.759. The van der Waals surface area contributed by atoms with Crippen LogP contribution in [0.25, 0.3) is 0 Å². The molecule has 0 heterocycles. The fraction of sp³-hybridized carbons (Fsp3) is 0.562. The molecule has 0 aliphatic heterocycles. The Morgan fingerprint density at radius 3 is 2.55 bits per heavy atom. The minimum atomic E-state index is 0.00182. The maximum absolute atomic E-state index is 11.8. The van der Waals surface area contributed by atoms with E-state index in [0.717, 1.165) is 24.4 Å². The number of anilines is 1. The van der Waals surface area contributed by atoms with Crippen molar-refractivity contribution >= 4 is 23.2 Å². The van der Waals surface area contributed by atoms with E-state index in [4.69, 9.17) is 11.6 Å². The molecule has 0 saturated carbocycles. The van der Waals surface area contributed by atoms with Gasteiger partial charge in [-0.3, -0.25) is 4.79 Å². The summed E-state index contributed by atoms with van der Waals surface area (Å²) >= 11 is 6.02. The number of carbonyl (C=O) groups excluding carboxylic acids is 1. The van der Waals surface area contributed by atoms with Crippen LogP contribution in [0.2, 0.25) is 5.02 Å². The molecule has 0 aliphatic rings. The van der Waals surface area contributed by atoms with Crippen molar-refractivity contribution in [2.24, 2.45) is 5.92 Å². The van der Waals surface area contributed by atoms with Gasteiger partial charge < -0.3 is 10.6 Å². The molecule has 112 valence electrons. The summed E-state index contributed by atoms with van der Waals surface area (Å²) in [5.74, 6) is 0.724. The third-order valence-electron chi connectivity index (χ3n) is 3.14. The second-order valence-electron chi connectivity index (χ2n) is 5.63. The molecule has 0 fully saturated rings. The molecule has 0 bridgehead atoms. The van der Waals surface area contributed by atoms with Crippen LogP contribution in [-0.2, 0) is 4.79 Å². The summed E-state index contributed by atoms with van der Waals surface area (Å²) in [6, 6.07) is 7.64. The number of benzene rings is 1. The molecule has 1 aromatic carbocycles. The molecule has 2 N–H and O–H groups in total. The van der Waals surface area contributed by atoms with Crippen molar-refractivity contribution in [3.05, 3.63) is 29.3 Å². The zero-order valence-corrected chi connectivity index (χ0v) is 13.3. The Morgan fingerprint density at radius 1 is 1.20 bits per heavy atom. The summed E-state index contributed by atoms with van der Waals surface area (Å²) in [5.41, 5.74) is 0.789. The van der Waals surface area contributed by atoms with Gasteiger partial charge in [0.25, 0.3) is 0 Å². The van der Waals surface area contributed by atoms with E-state index in [1.54, 1.807) is 6.07 Å². The highest BCUT2D eigenvalue weighted by atomic mass is 35.5. The number of carbonyl (C=O) groups is 1. The highest BCUT2D eigenvalue weighted by Crippen LogP contribution is 2.19. The van der Waals surface area contributed by atoms with E-state index in [1.165, 1.54) is 6.42 Å². The molecule has 1 rings (SSSR count). The highest BCUT2D eigenvalue weighted by Gasteiger charge is 2.08. The smallest absolute Gasteiger partial charge is 0.239 e. The zero-order valence-electron chi connectivity index (χ0n) is 12.6. The minimum Gasteiger partial charge on any atom is -0.375 e. The van der Waals surface area contributed by atoms with Gasteiger partial charge in [0.15, 0.2) is 0 Å². The molecule has 0 radical (unpaired) electrons. The van der Waals surface area contributed by atoms with Crippen molar-refractivity contribution in [2.45, 2.75) is 46.1 Å². The van der Waals surface area contributed by atoms with Crippen LogP contribution in [0.4, 0.5) is 5.69 Å². The van der Waals surface area contributed by atoms with E-state index in [-0.39, 0.29) is 18.5 Å². The van der Waals surface area contributed by atoms with E-state index >= 15 is 0 Å². The van der Waals surface area contributed by atoms with Crippen LogP contribution < -0.4 is 10.6 Å². The van der Waals surface area contributed by atoms with Gasteiger partial charge in [0, 0.05) is 6.04 Å². The van der Waals surface area contributed by atoms with Crippen LogP contribution in [-0.4, -0.2) is 18.5 Å². The second-order valence-corrected chi connectivity index (χ2v) is 6.03. The Balaban J connectivity index is 2.24. The first kappa shape index (κ1) is 16.8. The zero-order chi connectivity index (χ0) is 15.0. The first-order chi connectivity index (χ1) is 9.49. The largest absolute Gasteiger partial charge is 0.375 e. The first-order valence-corrected chi connectivity index (χ1v) is 7.64. The van der Waals surface area contributed by atoms with E-state index in [1.807, 2.05) is 25.1 Å². The molecule has 0 aromatic heterocycles. The Kier molecular flexibility index (Phi) is 7.45. The normalized spacial score (nSPS) is 12.2. The molecule has 1 amide bonds. The van der Waals surface area contributed by atoms with Gasteiger partial charge in [0.1, 0.15) is 0 Å². The molecular weight excluding hydrogens is 272 g/mol. The average Bonchev–Trinajstić information content (AvgIpc) is 2.37. The number of amides is 1. The monoisotopic (exact) mass is 296 g/mol. The maximum Gasteiger partial charge on any atom is 0.239 e. The number of para-hydroxylation sites is 1. The lowest BCUT2D eigenvalue weighted by atomic mass is 10.0. The maximum atomic E-state index is 11.8. The van der Waals surface area contributed by atoms with Crippen molar-refractivity contribution < 1.29 is 4.79 Å². The molecule has 0 spiro atoms. The molecular formula is C16H25ClN2O. The summed E-state index contributed by atoms with van der Waals surface area (Å²) in [7, 11) is 0. The molecule has 1 aromatic rings. The number of halogens is 1. The van der Waals surface area contributed by atoms with Crippen molar-refractivity contribution in [3.8, 4) is 0 Å². The van der Waals surface area contributed by atoms with Crippen molar-refractivity contribution in [2.75, 3.05) is 11.9 Å². The summed E-state index contributed by atoms with van der Waals surface area (Å²) in [6.45, 7) is 6.74. The standard InChI is InChI=1S/C16H25ClN2O/c1-12(2)7-6-8-13(3)19-16(20)11-18-15-10-5-4-9-14(15)17/h4-5,9-10,12-13,18H,6-8,11H2,1-3H3,(H,19,20). The van der Waals surface area contributed by atoms with Gasteiger partial charge in [-0.1, -0.05) is 50.4 Å². The fourth-order valence-electron chi connectivity index (χ4n) is 2.01. The van der Waals surface area contributed by atoms with Crippen LogP contribution >= 0.6 is 11.6 Å². The molecule has 0 aliphatic carbocycles. The molecule has 0 saturated heterocycles. The average molecular weight is 297 g/mol. The van der Waals surface area contributed by atoms with Crippen molar-refractivity contribution in [1.82, 2.24) is 5.32 Å². The lowest BCUT2D eigenvalue weighted by Crippen LogP contribution is -2.36. The van der Waals surface area contributed by atoms with Gasteiger partial charge in [-0.2, -0.15) is 0 Å². The van der Waals surface area contributed by atoms with Gasteiger partial charge in [0.2, 0.25) is 5.91 Å². The van der Waals surface area contributed by atoms with Gasteiger partial charge in [-0.15, -0.1) is 0 Å². The lowest BCUT2D eigenvalue weighted by molar-refractivity contribution is -0.120. The predicted octanol–water partition coefficient (Wildman–Crippen LogP) is 4.08. The minimum absolute atomic E-state index is 0.00182. The van der Waals surface area contributed by atoms with Gasteiger partial charge in [-0.25, -0.2) is 0 Å². The van der Waals surface area contributed by atoms with Crippen LogP contribution in [0.5, 0.6) is 0 Å². The molecule has 3 nitrogen and oxygen atoms in total. The van der Waals surface area contributed by atoms with Crippen molar-refractivity contribution in [3.63, 3.8) is 0 Å².